The summed E-state index contributed by atoms with van der Waals surface area (Å²) >= 11 is 0. The summed E-state index contributed by atoms with van der Waals surface area (Å²) in [6.45, 7) is 4.39. The fourth-order valence-electron chi connectivity index (χ4n) is 1.69. The van der Waals surface area contributed by atoms with Crippen LogP contribution in [0.1, 0.15) is 19.4 Å². The molecule has 86 valence electrons. The van der Waals surface area contributed by atoms with Crippen LogP contribution in [0.25, 0.3) is 6.08 Å². The standard InChI is InChI=1S/C12H15NO2S/c1-9(2)13-8-11-7-10-5-3-4-6-12(10)16(11,14)15/h3-7,9,13H,8H2,1-2H3. The molecule has 1 aromatic carbocycles. The Bertz CT molecular complexity index is 530. The van der Waals surface area contributed by atoms with E-state index < -0.39 is 9.84 Å². The highest BCUT2D eigenvalue weighted by Crippen LogP contribution is 2.31. The maximum atomic E-state index is 12.1. The molecule has 0 bridgehead atoms. The molecule has 0 saturated carbocycles. The summed E-state index contributed by atoms with van der Waals surface area (Å²) < 4.78 is 24.2. The van der Waals surface area contributed by atoms with Crippen molar-refractivity contribution < 1.29 is 8.42 Å². The second kappa shape index (κ2) is 4.03. The Morgan fingerprint density at radius 2 is 1.94 bits per heavy atom. The number of fused-ring (bicyclic) bond motifs is 1. The molecular weight excluding hydrogens is 222 g/mol. The van der Waals surface area contributed by atoms with E-state index in [0.717, 1.165) is 5.56 Å². The topological polar surface area (TPSA) is 46.2 Å². The van der Waals surface area contributed by atoms with Crippen molar-refractivity contribution in [3.05, 3.63) is 34.7 Å². The molecule has 16 heavy (non-hydrogen) atoms. The molecule has 0 spiro atoms. The van der Waals surface area contributed by atoms with E-state index in [9.17, 15) is 8.42 Å². The van der Waals surface area contributed by atoms with Crippen molar-refractivity contribution in [1.82, 2.24) is 5.32 Å². The number of hydrogen-bond donors (Lipinski definition) is 1. The van der Waals surface area contributed by atoms with Crippen molar-refractivity contribution in [2.75, 3.05) is 6.54 Å². The predicted molar refractivity (Wildman–Crippen MR) is 64.7 cm³/mol. The molecule has 1 aliphatic heterocycles. The van der Waals surface area contributed by atoms with Gasteiger partial charge in [0.1, 0.15) is 0 Å². The zero-order valence-corrected chi connectivity index (χ0v) is 10.2. The largest absolute Gasteiger partial charge is 0.310 e. The summed E-state index contributed by atoms with van der Waals surface area (Å²) in [4.78, 5) is 0.887. The molecular formula is C12H15NO2S. The molecule has 2 rings (SSSR count). The maximum absolute atomic E-state index is 12.1. The van der Waals surface area contributed by atoms with Gasteiger partial charge in [0.05, 0.1) is 9.80 Å². The monoisotopic (exact) mass is 237 g/mol. The first-order valence-corrected chi connectivity index (χ1v) is 6.78. The van der Waals surface area contributed by atoms with Gasteiger partial charge in [0.25, 0.3) is 0 Å². The molecule has 1 aromatic rings. The van der Waals surface area contributed by atoms with Gasteiger partial charge in [-0.15, -0.1) is 0 Å². The lowest BCUT2D eigenvalue weighted by atomic mass is 10.2. The SMILES string of the molecule is CC(C)NCC1=Cc2ccccc2S1(=O)=O. The van der Waals surface area contributed by atoms with Crippen molar-refractivity contribution in [2.45, 2.75) is 24.8 Å². The molecule has 0 saturated heterocycles. The van der Waals surface area contributed by atoms with Crippen LogP contribution in [0.2, 0.25) is 0 Å². The molecule has 0 fully saturated rings. The van der Waals surface area contributed by atoms with Crippen LogP contribution in [0.5, 0.6) is 0 Å². The summed E-state index contributed by atoms with van der Waals surface area (Å²) in [6, 6.07) is 7.37. The first-order chi connectivity index (χ1) is 7.51. The van der Waals surface area contributed by atoms with Crippen molar-refractivity contribution in [1.29, 1.82) is 0 Å². The normalized spacial score (nSPS) is 17.3. The van der Waals surface area contributed by atoms with Crippen molar-refractivity contribution in [3.8, 4) is 0 Å². The lowest BCUT2D eigenvalue weighted by molar-refractivity contribution is 0.593. The molecule has 3 nitrogen and oxygen atoms in total. The van der Waals surface area contributed by atoms with Gasteiger partial charge in [-0.3, -0.25) is 0 Å². The van der Waals surface area contributed by atoms with Gasteiger partial charge in [-0.1, -0.05) is 32.0 Å². The van der Waals surface area contributed by atoms with E-state index in [1.165, 1.54) is 0 Å². The van der Waals surface area contributed by atoms with E-state index >= 15 is 0 Å². The zero-order chi connectivity index (χ0) is 11.8. The van der Waals surface area contributed by atoms with E-state index in [2.05, 4.69) is 5.32 Å². The van der Waals surface area contributed by atoms with Gasteiger partial charge in [0, 0.05) is 12.6 Å². The Morgan fingerprint density at radius 1 is 1.25 bits per heavy atom. The quantitative estimate of drug-likeness (QED) is 0.872. The Kier molecular flexibility index (Phi) is 2.86. The van der Waals surface area contributed by atoms with Crippen LogP contribution in [0.15, 0.2) is 34.1 Å². The van der Waals surface area contributed by atoms with Gasteiger partial charge < -0.3 is 5.32 Å². The van der Waals surface area contributed by atoms with E-state index in [-0.39, 0.29) is 6.04 Å². The first kappa shape index (κ1) is 11.4. The maximum Gasteiger partial charge on any atom is 0.204 e. The van der Waals surface area contributed by atoms with Gasteiger partial charge in [-0.05, 0) is 17.7 Å². The summed E-state index contributed by atoms with van der Waals surface area (Å²) in [5, 5.41) is 3.13. The van der Waals surface area contributed by atoms with Gasteiger partial charge in [-0.25, -0.2) is 8.42 Å². The summed E-state index contributed by atoms with van der Waals surface area (Å²) in [6.07, 6.45) is 1.75. The Hall–Kier alpha value is -1.13. The van der Waals surface area contributed by atoms with Gasteiger partial charge in [0.2, 0.25) is 9.84 Å². The summed E-state index contributed by atoms with van der Waals surface area (Å²) in [7, 11) is -3.24. The summed E-state index contributed by atoms with van der Waals surface area (Å²) in [5.74, 6) is 0. The average molecular weight is 237 g/mol. The van der Waals surface area contributed by atoms with Crippen molar-refractivity contribution in [3.63, 3.8) is 0 Å². The molecule has 0 aliphatic carbocycles. The molecule has 0 atom stereocenters. The van der Waals surface area contributed by atoms with Crippen LogP contribution in [0.3, 0.4) is 0 Å². The van der Waals surface area contributed by atoms with E-state index in [4.69, 9.17) is 0 Å². The minimum absolute atomic E-state index is 0.278. The van der Waals surface area contributed by atoms with Crippen LogP contribution < -0.4 is 5.32 Å². The van der Waals surface area contributed by atoms with Crippen LogP contribution in [-0.4, -0.2) is 21.0 Å². The Labute approximate surface area is 96.1 Å². The van der Waals surface area contributed by atoms with Crippen LogP contribution in [-0.2, 0) is 9.84 Å². The molecule has 0 unspecified atom stereocenters. The molecule has 0 aromatic heterocycles. The van der Waals surface area contributed by atoms with E-state index in [1.54, 1.807) is 18.2 Å². The number of rotatable bonds is 3. The minimum atomic E-state index is -3.24. The van der Waals surface area contributed by atoms with Gasteiger partial charge >= 0.3 is 0 Å². The molecule has 4 heteroatoms. The number of nitrogens with one attached hydrogen (secondary N) is 1. The third-order valence-electron chi connectivity index (χ3n) is 2.55. The number of sulfone groups is 1. The highest BCUT2D eigenvalue weighted by Gasteiger charge is 2.28. The van der Waals surface area contributed by atoms with Crippen LogP contribution in [0, 0.1) is 0 Å². The fraction of sp³-hybridized carbons (Fsp3) is 0.333. The van der Waals surface area contributed by atoms with Crippen LogP contribution in [0.4, 0.5) is 0 Å². The highest BCUT2D eigenvalue weighted by atomic mass is 32.2. The van der Waals surface area contributed by atoms with Crippen LogP contribution >= 0.6 is 0 Å². The smallest absolute Gasteiger partial charge is 0.204 e. The predicted octanol–water partition coefficient (Wildman–Crippen LogP) is 1.81. The minimum Gasteiger partial charge on any atom is -0.310 e. The second-order valence-electron chi connectivity index (χ2n) is 4.19. The third-order valence-corrected chi connectivity index (χ3v) is 4.46. The lowest BCUT2D eigenvalue weighted by Crippen LogP contribution is -2.26. The van der Waals surface area contributed by atoms with Gasteiger partial charge in [0.15, 0.2) is 0 Å². The fourth-order valence-corrected chi connectivity index (χ4v) is 3.22. The molecule has 1 heterocycles. The average Bonchev–Trinajstić information content (AvgIpc) is 2.48. The highest BCUT2D eigenvalue weighted by molar-refractivity contribution is 7.95. The van der Waals surface area contributed by atoms with E-state index in [1.807, 2.05) is 26.0 Å². The molecule has 0 radical (unpaired) electrons. The summed E-state index contributed by atoms with van der Waals surface area (Å²) in [5.41, 5.74) is 0.794. The number of benzene rings is 1. The Balaban J connectivity index is 2.32. The van der Waals surface area contributed by atoms with Crippen molar-refractivity contribution in [2.24, 2.45) is 0 Å². The van der Waals surface area contributed by atoms with Crippen molar-refractivity contribution >= 4 is 15.9 Å². The molecule has 0 amide bonds. The zero-order valence-electron chi connectivity index (χ0n) is 9.40. The van der Waals surface area contributed by atoms with Gasteiger partial charge in [-0.2, -0.15) is 0 Å². The van der Waals surface area contributed by atoms with E-state index in [0.29, 0.717) is 16.3 Å². The Morgan fingerprint density at radius 3 is 2.56 bits per heavy atom. The first-order valence-electron chi connectivity index (χ1n) is 5.30. The second-order valence-corrected chi connectivity index (χ2v) is 6.16. The molecule has 1 N–H and O–H groups in total. The lowest BCUT2D eigenvalue weighted by Gasteiger charge is -2.08. The number of hydrogen-bond acceptors (Lipinski definition) is 3. The third kappa shape index (κ3) is 1.90. The molecule has 1 aliphatic rings.